The van der Waals surface area contributed by atoms with Gasteiger partial charge >= 0.3 is 5.97 Å². The molecule has 14 heavy (non-hydrogen) atoms. The van der Waals surface area contributed by atoms with Crippen molar-refractivity contribution in [1.82, 2.24) is 0 Å². The van der Waals surface area contributed by atoms with Crippen molar-refractivity contribution in [3.05, 3.63) is 35.9 Å². The van der Waals surface area contributed by atoms with Gasteiger partial charge in [-0.25, -0.2) is 0 Å². The van der Waals surface area contributed by atoms with E-state index in [1.807, 2.05) is 37.3 Å². The quantitative estimate of drug-likeness (QED) is 0.567. The lowest BCUT2D eigenvalue weighted by Crippen LogP contribution is -2.11. The number of halogens is 1. The molecule has 3 heteroatoms. The van der Waals surface area contributed by atoms with E-state index in [2.05, 4.69) is 0 Å². The Labute approximate surface area is 88.8 Å². The van der Waals surface area contributed by atoms with E-state index >= 15 is 0 Å². The Morgan fingerprint density at radius 2 is 2.07 bits per heavy atom. The van der Waals surface area contributed by atoms with E-state index in [1.54, 1.807) is 0 Å². The van der Waals surface area contributed by atoms with Crippen LogP contribution in [0.15, 0.2) is 30.3 Å². The molecule has 0 aromatic heterocycles. The van der Waals surface area contributed by atoms with Gasteiger partial charge in [0.25, 0.3) is 0 Å². The van der Waals surface area contributed by atoms with Gasteiger partial charge in [-0.2, -0.15) is 0 Å². The highest BCUT2D eigenvalue weighted by Crippen LogP contribution is 2.20. The minimum atomic E-state index is -0.373. The third-order valence-electron chi connectivity index (χ3n) is 1.92. The molecule has 0 spiro atoms. The van der Waals surface area contributed by atoms with Gasteiger partial charge in [0.2, 0.25) is 0 Å². The third-order valence-corrected chi connectivity index (χ3v) is 2.14. The van der Waals surface area contributed by atoms with Crippen LogP contribution in [0.1, 0.15) is 25.0 Å². The van der Waals surface area contributed by atoms with Crippen molar-refractivity contribution in [2.24, 2.45) is 0 Å². The van der Waals surface area contributed by atoms with Gasteiger partial charge in [-0.3, -0.25) is 4.79 Å². The van der Waals surface area contributed by atoms with Crippen molar-refractivity contribution in [3.63, 3.8) is 0 Å². The maximum Gasteiger partial charge on any atom is 0.321 e. The van der Waals surface area contributed by atoms with Crippen molar-refractivity contribution >= 4 is 17.6 Å². The second kappa shape index (κ2) is 5.66. The van der Waals surface area contributed by atoms with E-state index in [4.69, 9.17) is 16.3 Å². The molecule has 1 unspecified atom stereocenters. The van der Waals surface area contributed by atoms with E-state index in [0.29, 0.717) is 0 Å². The molecular weight excluding hydrogens is 200 g/mol. The first-order chi connectivity index (χ1) is 6.77. The van der Waals surface area contributed by atoms with Crippen LogP contribution in [0.3, 0.4) is 0 Å². The molecule has 0 radical (unpaired) electrons. The highest BCUT2D eigenvalue weighted by Gasteiger charge is 2.13. The summed E-state index contributed by atoms with van der Waals surface area (Å²) in [6.45, 7) is 1.97. The summed E-state index contributed by atoms with van der Waals surface area (Å²) in [6.07, 6.45) is 0.578. The number of carbonyl (C=O) groups excluding carboxylic acids is 1. The molecule has 1 rings (SSSR count). The number of benzene rings is 1. The average Bonchev–Trinajstić information content (AvgIpc) is 2.26. The van der Waals surface area contributed by atoms with Crippen LogP contribution in [0.2, 0.25) is 0 Å². The van der Waals surface area contributed by atoms with Crippen LogP contribution in [-0.2, 0) is 9.53 Å². The highest BCUT2D eigenvalue weighted by atomic mass is 35.5. The number of rotatable bonds is 4. The summed E-state index contributed by atoms with van der Waals surface area (Å²) in [7, 11) is 0. The Bertz CT molecular complexity index is 285. The van der Waals surface area contributed by atoms with E-state index < -0.39 is 0 Å². The zero-order valence-electron chi connectivity index (χ0n) is 8.07. The normalized spacial score (nSPS) is 12.1. The second-order valence-electron chi connectivity index (χ2n) is 2.93. The van der Waals surface area contributed by atoms with E-state index in [1.165, 1.54) is 0 Å². The first-order valence-corrected chi connectivity index (χ1v) is 5.11. The highest BCUT2D eigenvalue weighted by molar-refractivity contribution is 6.26. The van der Waals surface area contributed by atoms with Crippen LogP contribution in [0.4, 0.5) is 0 Å². The summed E-state index contributed by atoms with van der Waals surface area (Å²) in [5.41, 5.74) is 1.01. The lowest BCUT2D eigenvalue weighted by molar-refractivity contribution is -0.146. The molecule has 1 aromatic carbocycles. The Morgan fingerprint density at radius 1 is 1.43 bits per heavy atom. The molecule has 0 saturated carbocycles. The van der Waals surface area contributed by atoms with Gasteiger partial charge in [0.1, 0.15) is 12.0 Å². The van der Waals surface area contributed by atoms with E-state index in [0.717, 1.165) is 12.0 Å². The minimum Gasteiger partial charge on any atom is -0.457 e. The fourth-order valence-electron chi connectivity index (χ4n) is 1.24. The first kappa shape index (κ1) is 11.1. The van der Waals surface area contributed by atoms with Crippen molar-refractivity contribution < 1.29 is 9.53 Å². The lowest BCUT2D eigenvalue weighted by atomic mass is 10.1. The summed E-state index contributed by atoms with van der Waals surface area (Å²) in [5.74, 6) is -0.467. The van der Waals surface area contributed by atoms with Crippen LogP contribution < -0.4 is 0 Å². The molecule has 76 valence electrons. The van der Waals surface area contributed by atoms with Gasteiger partial charge < -0.3 is 4.74 Å². The van der Waals surface area contributed by atoms with Gasteiger partial charge in [-0.15, -0.1) is 11.6 Å². The van der Waals surface area contributed by atoms with E-state index in [-0.39, 0.29) is 18.0 Å². The van der Waals surface area contributed by atoms with Gasteiger partial charge in [-0.05, 0) is 12.0 Å². The molecular formula is C11H13ClO2. The molecule has 0 heterocycles. The maximum absolute atomic E-state index is 11.0. The summed E-state index contributed by atoms with van der Waals surface area (Å²) in [4.78, 5) is 11.0. The minimum absolute atomic E-state index is 0.0939. The Balaban J connectivity index is 2.68. The van der Waals surface area contributed by atoms with Crippen LogP contribution in [-0.4, -0.2) is 11.8 Å². The maximum atomic E-state index is 11.0. The zero-order chi connectivity index (χ0) is 10.4. The van der Waals surface area contributed by atoms with Gasteiger partial charge in [0, 0.05) is 0 Å². The fourth-order valence-corrected chi connectivity index (χ4v) is 1.31. The summed E-state index contributed by atoms with van der Waals surface area (Å²) >= 11 is 5.37. The number of ether oxygens (including phenoxy) is 1. The molecule has 0 aliphatic carbocycles. The number of alkyl halides is 1. The molecule has 0 fully saturated rings. The monoisotopic (exact) mass is 212 g/mol. The second-order valence-corrected chi connectivity index (χ2v) is 3.20. The smallest absolute Gasteiger partial charge is 0.321 e. The standard InChI is InChI=1S/C11H13ClO2/c1-2-10(14-11(13)8-12)9-6-4-3-5-7-9/h3-7,10H,2,8H2,1H3. The lowest BCUT2D eigenvalue weighted by Gasteiger charge is -2.15. The Kier molecular flexibility index (Phi) is 4.47. The van der Waals surface area contributed by atoms with Gasteiger partial charge in [-0.1, -0.05) is 37.3 Å². The van der Waals surface area contributed by atoms with Crippen molar-refractivity contribution in [3.8, 4) is 0 Å². The summed E-state index contributed by atoms with van der Waals surface area (Å²) in [5, 5.41) is 0. The van der Waals surface area contributed by atoms with Crippen LogP contribution >= 0.6 is 11.6 Å². The van der Waals surface area contributed by atoms with Gasteiger partial charge in [0.15, 0.2) is 0 Å². The molecule has 2 nitrogen and oxygen atoms in total. The predicted octanol–water partition coefficient (Wildman–Crippen LogP) is 2.92. The van der Waals surface area contributed by atoms with Crippen molar-refractivity contribution in [1.29, 1.82) is 0 Å². The molecule has 1 aromatic rings. The third kappa shape index (κ3) is 3.04. The van der Waals surface area contributed by atoms with Crippen LogP contribution in [0, 0.1) is 0 Å². The zero-order valence-corrected chi connectivity index (χ0v) is 8.83. The van der Waals surface area contributed by atoms with Crippen molar-refractivity contribution in [2.75, 3.05) is 5.88 Å². The Morgan fingerprint density at radius 3 is 2.57 bits per heavy atom. The first-order valence-electron chi connectivity index (χ1n) is 4.58. The molecule has 0 bridgehead atoms. The molecule has 1 atom stereocenters. The number of carbonyl (C=O) groups is 1. The molecule has 0 N–H and O–H groups in total. The van der Waals surface area contributed by atoms with Gasteiger partial charge in [0.05, 0.1) is 0 Å². The Hall–Kier alpha value is -1.02. The molecule has 0 aliphatic rings. The summed E-state index contributed by atoms with van der Waals surface area (Å²) < 4.78 is 5.16. The number of hydrogen-bond acceptors (Lipinski definition) is 2. The molecule has 0 saturated heterocycles. The number of esters is 1. The van der Waals surface area contributed by atoms with Crippen molar-refractivity contribution in [2.45, 2.75) is 19.4 Å². The molecule has 0 aliphatic heterocycles. The predicted molar refractivity (Wildman–Crippen MR) is 56.3 cm³/mol. The summed E-state index contributed by atoms with van der Waals surface area (Å²) in [6, 6.07) is 9.66. The topological polar surface area (TPSA) is 26.3 Å². The average molecular weight is 213 g/mol. The SMILES string of the molecule is CCC(OC(=O)CCl)c1ccccc1. The fraction of sp³-hybridized carbons (Fsp3) is 0.364. The van der Waals surface area contributed by atoms with Crippen LogP contribution in [0.5, 0.6) is 0 Å². The largest absolute Gasteiger partial charge is 0.457 e. The molecule has 0 amide bonds. The van der Waals surface area contributed by atoms with E-state index in [9.17, 15) is 4.79 Å². The van der Waals surface area contributed by atoms with Crippen LogP contribution in [0.25, 0.3) is 0 Å². The number of hydrogen-bond donors (Lipinski definition) is 0.